The van der Waals surface area contributed by atoms with Crippen molar-refractivity contribution < 1.29 is 23.0 Å². The largest absolute Gasteiger partial charge is 0.491 e. The number of rotatable bonds is 10. The van der Waals surface area contributed by atoms with Crippen LogP contribution in [0.25, 0.3) is 16.5 Å². The van der Waals surface area contributed by atoms with E-state index in [2.05, 4.69) is 10.3 Å². The molecule has 1 N–H and O–H groups in total. The van der Waals surface area contributed by atoms with Crippen LogP contribution in [0.3, 0.4) is 0 Å². The Labute approximate surface area is 205 Å². The van der Waals surface area contributed by atoms with Crippen LogP contribution in [-0.2, 0) is 9.47 Å². The molecule has 1 aliphatic rings. The average molecular weight is 486 g/mol. The lowest BCUT2D eigenvalue weighted by Gasteiger charge is -2.27. The molecule has 0 radical (unpaired) electrons. The van der Waals surface area contributed by atoms with Crippen LogP contribution in [-0.4, -0.2) is 56.4 Å². The van der Waals surface area contributed by atoms with E-state index in [1.807, 2.05) is 39.0 Å². The zero-order valence-electron chi connectivity index (χ0n) is 20.7. The molecule has 0 bridgehead atoms. The number of benzene rings is 1. The molecule has 1 saturated heterocycles. The third kappa shape index (κ3) is 7.70. The van der Waals surface area contributed by atoms with Gasteiger partial charge in [0.05, 0.1) is 12.3 Å². The number of hydrogen-bond donors (Lipinski definition) is 1. The number of ether oxygens (including phenoxy) is 3. The van der Waals surface area contributed by atoms with Gasteiger partial charge in [0.15, 0.2) is 0 Å². The second-order valence-electron chi connectivity index (χ2n) is 8.31. The van der Waals surface area contributed by atoms with Crippen LogP contribution >= 0.6 is 0 Å². The van der Waals surface area contributed by atoms with Crippen molar-refractivity contribution in [3.8, 4) is 5.75 Å². The highest BCUT2D eigenvalue weighted by atomic mass is 19.1. The van der Waals surface area contributed by atoms with Crippen molar-refractivity contribution in [2.75, 3.05) is 33.4 Å². The van der Waals surface area contributed by atoms with Crippen molar-refractivity contribution >= 4 is 22.2 Å². The molecule has 0 aliphatic carbocycles. The molecule has 35 heavy (non-hydrogen) atoms. The lowest BCUT2D eigenvalue weighted by molar-refractivity contribution is 0.0740. The number of aromatic nitrogens is 1. The molecule has 188 valence electrons. The number of allylic oxidation sites excluding steroid dienone is 4. The zero-order chi connectivity index (χ0) is 25.2. The second-order valence-corrected chi connectivity index (χ2v) is 8.31. The van der Waals surface area contributed by atoms with Gasteiger partial charge in [0.25, 0.3) is 0 Å². The first-order valence-electron chi connectivity index (χ1n) is 11.7. The molecule has 0 saturated carbocycles. The maximum absolute atomic E-state index is 14.3. The van der Waals surface area contributed by atoms with Crippen molar-refractivity contribution in [1.82, 2.24) is 10.3 Å². The summed E-state index contributed by atoms with van der Waals surface area (Å²) < 4.78 is 45.1. The highest BCUT2D eigenvalue weighted by Crippen LogP contribution is 2.30. The minimum atomic E-state index is -1.16. The molecule has 0 unspecified atom stereocenters. The van der Waals surface area contributed by atoms with E-state index >= 15 is 0 Å². The highest BCUT2D eigenvalue weighted by molar-refractivity contribution is 5.94. The van der Waals surface area contributed by atoms with E-state index in [0.717, 1.165) is 11.3 Å². The summed E-state index contributed by atoms with van der Waals surface area (Å²) in [4.78, 5) is 9.21. The van der Waals surface area contributed by atoms with Crippen LogP contribution < -0.4 is 10.1 Å². The number of nitrogens with zero attached hydrogens (tertiary/aromatic N) is 2. The fourth-order valence-corrected chi connectivity index (χ4v) is 3.62. The summed E-state index contributed by atoms with van der Waals surface area (Å²) in [6.07, 6.45) is 6.02. The van der Waals surface area contributed by atoms with Gasteiger partial charge in [-0.2, -0.15) is 0 Å². The quantitative estimate of drug-likeness (QED) is 0.211. The number of methoxy groups -OCH3 is 1. The topological polar surface area (TPSA) is 65.0 Å². The van der Waals surface area contributed by atoms with Gasteiger partial charge in [-0.05, 0) is 57.5 Å². The lowest BCUT2D eigenvalue weighted by atomic mass is 10.1. The molecule has 2 heterocycles. The van der Waals surface area contributed by atoms with E-state index in [9.17, 15) is 8.78 Å². The average Bonchev–Trinajstić information content (AvgIpc) is 2.84. The molecule has 2 atom stereocenters. The van der Waals surface area contributed by atoms with E-state index in [-0.39, 0.29) is 12.3 Å². The number of aliphatic imine (C=N–C) groups is 1. The predicted octanol–water partition coefficient (Wildman–Crippen LogP) is 5.40. The summed E-state index contributed by atoms with van der Waals surface area (Å²) >= 11 is 0. The first-order chi connectivity index (χ1) is 16.9. The maximum atomic E-state index is 14.3. The Kier molecular flexibility index (Phi) is 9.93. The SMILES string of the molecule is C\C=C/C(=C\C(C)=N\C=C(/C)c1ccc2cc(F)cc(O[C@@H]3CCNC[C@@H]3F)c2n1)OCCOC. The Balaban J connectivity index is 1.85. The number of hydrogen-bond acceptors (Lipinski definition) is 6. The van der Waals surface area contributed by atoms with Crippen molar-refractivity contribution in [3.05, 3.63) is 66.0 Å². The van der Waals surface area contributed by atoms with Crippen LogP contribution in [0.5, 0.6) is 5.75 Å². The maximum Gasteiger partial charge on any atom is 0.149 e. The molecular formula is C27H33F2N3O3. The van der Waals surface area contributed by atoms with Gasteiger partial charge in [0.2, 0.25) is 0 Å². The van der Waals surface area contributed by atoms with Gasteiger partial charge < -0.3 is 19.5 Å². The Morgan fingerprint density at radius 1 is 1.26 bits per heavy atom. The fraction of sp³-hybridized carbons (Fsp3) is 0.407. The summed E-state index contributed by atoms with van der Waals surface area (Å²) in [5.41, 5.74) is 2.72. The van der Waals surface area contributed by atoms with Crippen LogP contribution in [0.15, 0.2) is 59.4 Å². The van der Waals surface area contributed by atoms with E-state index < -0.39 is 18.1 Å². The minimum Gasteiger partial charge on any atom is -0.491 e. The molecule has 6 nitrogen and oxygen atoms in total. The van der Waals surface area contributed by atoms with Gasteiger partial charge in [-0.1, -0.05) is 12.1 Å². The minimum absolute atomic E-state index is 0.220. The summed E-state index contributed by atoms with van der Waals surface area (Å²) in [6.45, 7) is 7.50. The number of piperidine rings is 1. The molecule has 1 aromatic heterocycles. The Morgan fingerprint density at radius 2 is 2.09 bits per heavy atom. The highest BCUT2D eigenvalue weighted by Gasteiger charge is 2.27. The zero-order valence-corrected chi connectivity index (χ0v) is 20.7. The number of pyridine rings is 1. The number of nitrogens with one attached hydrogen (secondary N) is 1. The van der Waals surface area contributed by atoms with Crippen molar-refractivity contribution in [1.29, 1.82) is 0 Å². The second kappa shape index (κ2) is 13.1. The number of halogens is 2. The summed E-state index contributed by atoms with van der Waals surface area (Å²) in [6, 6.07) is 6.25. The first-order valence-corrected chi connectivity index (χ1v) is 11.7. The van der Waals surface area contributed by atoms with Gasteiger partial charge in [0, 0.05) is 43.1 Å². The number of alkyl halides is 1. The van der Waals surface area contributed by atoms with Gasteiger partial charge in [-0.15, -0.1) is 0 Å². The van der Waals surface area contributed by atoms with Crippen LogP contribution in [0.4, 0.5) is 8.78 Å². The van der Waals surface area contributed by atoms with Gasteiger partial charge in [-0.25, -0.2) is 13.8 Å². The van der Waals surface area contributed by atoms with Crippen molar-refractivity contribution in [3.63, 3.8) is 0 Å². The molecule has 1 aromatic carbocycles. The molecule has 1 fully saturated rings. The molecule has 3 rings (SSSR count). The first kappa shape index (κ1) is 26.5. The summed E-state index contributed by atoms with van der Waals surface area (Å²) in [7, 11) is 1.63. The van der Waals surface area contributed by atoms with Gasteiger partial charge >= 0.3 is 0 Å². The van der Waals surface area contributed by atoms with E-state index in [4.69, 9.17) is 19.2 Å². The van der Waals surface area contributed by atoms with Crippen molar-refractivity contribution in [2.24, 2.45) is 4.99 Å². The Bertz CT molecular complexity index is 1130. The van der Waals surface area contributed by atoms with Crippen molar-refractivity contribution in [2.45, 2.75) is 39.5 Å². The summed E-state index contributed by atoms with van der Waals surface area (Å²) in [5, 5.41) is 3.58. The third-order valence-corrected chi connectivity index (χ3v) is 5.45. The standard InChI is InChI=1S/C27H33F2N3O3/c1-5-6-22(34-12-11-33-4)13-19(3)31-16-18(2)24-8-7-20-14-21(28)15-26(27(20)32-24)35-25-9-10-30-17-23(25)29/h5-8,13-16,23,25,30H,9-12,17H2,1-4H3/b6-5-,18-16+,22-13+,31-19+/t23-,25+/m0/s1. The van der Waals surface area contributed by atoms with Crippen LogP contribution in [0.2, 0.25) is 0 Å². The predicted molar refractivity (Wildman–Crippen MR) is 136 cm³/mol. The van der Waals surface area contributed by atoms with Gasteiger partial charge in [0.1, 0.15) is 41.7 Å². The Morgan fingerprint density at radius 3 is 2.83 bits per heavy atom. The number of fused-ring (bicyclic) bond motifs is 1. The fourth-order valence-electron chi connectivity index (χ4n) is 3.62. The molecule has 1 aliphatic heterocycles. The molecule has 2 aromatic rings. The van der Waals surface area contributed by atoms with Gasteiger partial charge in [-0.3, -0.25) is 4.99 Å². The Hall–Kier alpha value is -3.10. The normalized spacial score (nSPS) is 20.0. The summed E-state index contributed by atoms with van der Waals surface area (Å²) in [5.74, 6) is 0.486. The van der Waals surface area contributed by atoms with Crippen LogP contribution in [0, 0.1) is 5.82 Å². The van der Waals surface area contributed by atoms with E-state index in [0.29, 0.717) is 48.5 Å². The van der Waals surface area contributed by atoms with Crippen LogP contribution in [0.1, 0.15) is 32.9 Å². The van der Waals surface area contributed by atoms with E-state index in [1.165, 1.54) is 12.1 Å². The third-order valence-electron chi connectivity index (χ3n) is 5.45. The molecular weight excluding hydrogens is 452 g/mol. The monoisotopic (exact) mass is 485 g/mol. The smallest absolute Gasteiger partial charge is 0.149 e. The lowest BCUT2D eigenvalue weighted by Crippen LogP contribution is -2.44. The molecule has 0 spiro atoms. The molecule has 0 amide bonds. The van der Waals surface area contributed by atoms with E-state index in [1.54, 1.807) is 25.4 Å². The molecule has 8 heteroatoms.